The van der Waals surface area contributed by atoms with Gasteiger partial charge < -0.3 is 9.30 Å². The molecule has 0 aliphatic rings. The average molecular weight is 284 g/mol. The number of rotatable bonds is 2. The first-order valence-electron chi connectivity index (χ1n) is 4.78. The molecule has 0 saturated heterocycles. The Morgan fingerprint density at radius 1 is 1.62 bits per heavy atom. The predicted molar refractivity (Wildman–Crippen MR) is 62.2 cm³/mol. The SMILES string of the molecule is CCOC(=O)c1nc2cc(Br)cnc2n1C. The minimum absolute atomic E-state index is 0.266. The summed E-state index contributed by atoms with van der Waals surface area (Å²) >= 11 is 3.31. The third-order valence-corrected chi connectivity index (χ3v) is 2.57. The summed E-state index contributed by atoms with van der Waals surface area (Å²) in [6, 6.07) is 1.81. The Kier molecular flexibility index (Phi) is 2.91. The van der Waals surface area contributed by atoms with Crippen LogP contribution in [0.3, 0.4) is 0 Å². The predicted octanol–water partition coefficient (Wildman–Crippen LogP) is 1.91. The maximum Gasteiger partial charge on any atom is 0.374 e. The molecular weight excluding hydrogens is 274 g/mol. The summed E-state index contributed by atoms with van der Waals surface area (Å²) < 4.78 is 7.36. The van der Waals surface area contributed by atoms with Crippen molar-refractivity contribution >= 4 is 33.1 Å². The smallest absolute Gasteiger partial charge is 0.374 e. The molecule has 0 amide bonds. The number of imidazole rings is 1. The first kappa shape index (κ1) is 11.1. The number of nitrogens with zero attached hydrogens (tertiary/aromatic N) is 3. The second-order valence-corrected chi connectivity index (χ2v) is 4.13. The molecule has 0 aliphatic carbocycles. The zero-order chi connectivity index (χ0) is 11.7. The molecule has 0 fully saturated rings. The van der Waals surface area contributed by atoms with E-state index in [1.807, 2.05) is 6.07 Å². The average Bonchev–Trinajstić information content (AvgIpc) is 2.56. The molecule has 0 spiro atoms. The number of carbonyl (C=O) groups is 1. The maximum atomic E-state index is 11.6. The number of esters is 1. The van der Waals surface area contributed by atoms with E-state index in [1.165, 1.54) is 0 Å². The van der Waals surface area contributed by atoms with Gasteiger partial charge in [0.1, 0.15) is 5.52 Å². The number of ether oxygens (including phenoxy) is 1. The summed E-state index contributed by atoms with van der Waals surface area (Å²) in [5, 5.41) is 0. The van der Waals surface area contributed by atoms with Gasteiger partial charge in [-0.1, -0.05) is 0 Å². The standard InChI is InChI=1S/C10H10BrN3O2/c1-3-16-10(15)9-13-7-4-6(11)5-12-8(7)14(9)2/h4-5H,3H2,1-2H3. The van der Waals surface area contributed by atoms with E-state index in [9.17, 15) is 4.79 Å². The van der Waals surface area contributed by atoms with E-state index in [0.717, 1.165) is 4.47 Å². The maximum absolute atomic E-state index is 11.6. The molecule has 0 atom stereocenters. The van der Waals surface area contributed by atoms with E-state index in [1.54, 1.807) is 24.7 Å². The molecule has 2 aromatic heterocycles. The van der Waals surface area contributed by atoms with Crippen molar-refractivity contribution in [2.24, 2.45) is 7.05 Å². The van der Waals surface area contributed by atoms with E-state index in [0.29, 0.717) is 17.8 Å². The van der Waals surface area contributed by atoms with Gasteiger partial charge in [-0.15, -0.1) is 0 Å². The Morgan fingerprint density at radius 2 is 2.38 bits per heavy atom. The highest BCUT2D eigenvalue weighted by atomic mass is 79.9. The van der Waals surface area contributed by atoms with Crippen molar-refractivity contribution in [1.29, 1.82) is 0 Å². The molecule has 0 bridgehead atoms. The lowest BCUT2D eigenvalue weighted by Gasteiger charge is -2.00. The van der Waals surface area contributed by atoms with Crippen LogP contribution in [0.25, 0.3) is 11.2 Å². The van der Waals surface area contributed by atoms with Crippen molar-refractivity contribution in [3.63, 3.8) is 0 Å². The normalized spacial score (nSPS) is 10.7. The van der Waals surface area contributed by atoms with Crippen LogP contribution in [0.15, 0.2) is 16.7 Å². The van der Waals surface area contributed by atoms with Crippen molar-refractivity contribution in [2.45, 2.75) is 6.92 Å². The monoisotopic (exact) mass is 283 g/mol. The van der Waals surface area contributed by atoms with Crippen molar-refractivity contribution in [1.82, 2.24) is 14.5 Å². The quantitative estimate of drug-likeness (QED) is 0.790. The molecule has 6 heteroatoms. The molecule has 0 saturated carbocycles. The Morgan fingerprint density at radius 3 is 3.06 bits per heavy atom. The van der Waals surface area contributed by atoms with Gasteiger partial charge in [0.15, 0.2) is 5.65 Å². The summed E-state index contributed by atoms with van der Waals surface area (Å²) in [6.45, 7) is 2.09. The molecule has 5 nitrogen and oxygen atoms in total. The Balaban J connectivity index is 2.55. The minimum atomic E-state index is -0.431. The van der Waals surface area contributed by atoms with E-state index in [4.69, 9.17) is 4.74 Å². The lowest BCUT2D eigenvalue weighted by Crippen LogP contribution is -2.11. The van der Waals surface area contributed by atoms with Crippen molar-refractivity contribution in [2.75, 3.05) is 6.61 Å². The first-order chi connectivity index (χ1) is 7.63. The molecule has 16 heavy (non-hydrogen) atoms. The fourth-order valence-corrected chi connectivity index (χ4v) is 1.75. The molecule has 0 radical (unpaired) electrons. The molecule has 2 aromatic rings. The number of carbonyl (C=O) groups excluding carboxylic acids is 1. The van der Waals surface area contributed by atoms with Gasteiger partial charge in [0.25, 0.3) is 0 Å². The number of aryl methyl sites for hydroxylation is 1. The van der Waals surface area contributed by atoms with Crippen LogP contribution < -0.4 is 0 Å². The van der Waals surface area contributed by atoms with Gasteiger partial charge in [-0.2, -0.15) is 0 Å². The summed E-state index contributed by atoms with van der Waals surface area (Å²) in [7, 11) is 1.74. The number of aromatic nitrogens is 3. The largest absolute Gasteiger partial charge is 0.460 e. The Hall–Kier alpha value is -1.43. The zero-order valence-corrected chi connectivity index (χ0v) is 10.5. The van der Waals surface area contributed by atoms with Crippen LogP contribution >= 0.6 is 15.9 Å². The number of hydrogen-bond acceptors (Lipinski definition) is 4. The first-order valence-corrected chi connectivity index (χ1v) is 5.58. The summed E-state index contributed by atoms with van der Waals surface area (Å²) in [6.07, 6.45) is 1.67. The van der Waals surface area contributed by atoms with Crippen LogP contribution in [0.2, 0.25) is 0 Å². The lowest BCUT2D eigenvalue weighted by molar-refractivity contribution is 0.0508. The third-order valence-electron chi connectivity index (χ3n) is 2.13. The van der Waals surface area contributed by atoms with Crippen LogP contribution in [0.5, 0.6) is 0 Å². The number of fused-ring (bicyclic) bond motifs is 1. The lowest BCUT2D eigenvalue weighted by atomic mass is 10.4. The molecule has 2 rings (SSSR count). The highest BCUT2D eigenvalue weighted by molar-refractivity contribution is 9.10. The molecule has 0 aliphatic heterocycles. The Bertz CT molecular complexity index is 550. The third kappa shape index (κ3) is 1.80. The van der Waals surface area contributed by atoms with Crippen LogP contribution in [0.1, 0.15) is 17.5 Å². The van der Waals surface area contributed by atoms with Gasteiger partial charge in [-0.3, -0.25) is 0 Å². The van der Waals surface area contributed by atoms with Crippen molar-refractivity contribution in [3.05, 3.63) is 22.6 Å². The molecule has 2 heterocycles. The highest BCUT2D eigenvalue weighted by Gasteiger charge is 2.16. The summed E-state index contributed by atoms with van der Waals surface area (Å²) in [5.74, 6) is -0.165. The van der Waals surface area contributed by atoms with Gasteiger partial charge in [-0.25, -0.2) is 14.8 Å². The fraction of sp³-hybridized carbons (Fsp3) is 0.300. The van der Waals surface area contributed by atoms with Crippen LogP contribution in [0, 0.1) is 0 Å². The van der Waals surface area contributed by atoms with E-state index < -0.39 is 5.97 Å². The molecule has 0 aromatic carbocycles. The summed E-state index contributed by atoms with van der Waals surface area (Å²) in [4.78, 5) is 20.0. The number of halogens is 1. The zero-order valence-electron chi connectivity index (χ0n) is 8.90. The van der Waals surface area contributed by atoms with Crippen LogP contribution in [-0.2, 0) is 11.8 Å². The molecule has 0 N–H and O–H groups in total. The topological polar surface area (TPSA) is 57.0 Å². The van der Waals surface area contributed by atoms with Crippen LogP contribution in [-0.4, -0.2) is 27.1 Å². The summed E-state index contributed by atoms with van der Waals surface area (Å²) in [5.41, 5.74) is 1.33. The van der Waals surface area contributed by atoms with Crippen LogP contribution in [0.4, 0.5) is 0 Å². The number of pyridine rings is 1. The Labute approximate surface area is 101 Å². The minimum Gasteiger partial charge on any atom is -0.460 e. The van der Waals surface area contributed by atoms with E-state index >= 15 is 0 Å². The fourth-order valence-electron chi connectivity index (χ4n) is 1.43. The molecular formula is C10H10BrN3O2. The number of hydrogen-bond donors (Lipinski definition) is 0. The second kappa shape index (κ2) is 4.21. The second-order valence-electron chi connectivity index (χ2n) is 3.21. The van der Waals surface area contributed by atoms with Gasteiger partial charge in [0.2, 0.25) is 5.82 Å². The van der Waals surface area contributed by atoms with Gasteiger partial charge in [-0.05, 0) is 28.9 Å². The molecule has 0 unspecified atom stereocenters. The van der Waals surface area contributed by atoms with Gasteiger partial charge >= 0.3 is 5.97 Å². The van der Waals surface area contributed by atoms with Gasteiger partial charge in [0.05, 0.1) is 6.61 Å². The van der Waals surface area contributed by atoms with Crippen molar-refractivity contribution < 1.29 is 9.53 Å². The van der Waals surface area contributed by atoms with Crippen molar-refractivity contribution in [3.8, 4) is 0 Å². The van der Waals surface area contributed by atoms with Gasteiger partial charge in [0, 0.05) is 17.7 Å². The highest BCUT2D eigenvalue weighted by Crippen LogP contribution is 2.17. The van der Waals surface area contributed by atoms with E-state index in [2.05, 4.69) is 25.9 Å². The molecule has 84 valence electrons. The van der Waals surface area contributed by atoms with E-state index in [-0.39, 0.29) is 5.82 Å².